The van der Waals surface area contributed by atoms with Gasteiger partial charge >= 0.3 is 0 Å². The second kappa shape index (κ2) is 11.8. The number of hydrogen-bond acceptors (Lipinski definition) is 8. The number of nitro groups is 1. The summed E-state index contributed by atoms with van der Waals surface area (Å²) in [6.07, 6.45) is 0.231. The molecule has 1 aromatic heterocycles. The van der Waals surface area contributed by atoms with Crippen LogP contribution in [0.2, 0.25) is 0 Å². The van der Waals surface area contributed by atoms with Gasteiger partial charge in [-0.1, -0.05) is 23.9 Å². The van der Waals surface area contributed by atoms with E-state index < -0.39 is 4.92 Å². The number of amides is 2. The Labute approximate surface area is 200 Å². The van der Waals surface area contributed by atoms with Gasteiger partial charge in [0.2, 0.25) is 11.8 Å². The third kappa shape index (κ3) is 6.78. The number of carbonyl (C=O) groups excluding carboxylic acids is 2. The van der Waals surface area contributed by atoms with E-state index in [2.05, 4.69) is 20.8 Å². The zero-order valence-corrected chi connectivity index (χ0v) is 19.5. The first-order chi connectivity index (χ1) is 16.4. The number of nitrogens with zero attached hydrogens (tertiary/aromatic N) is 4. The van der Waals surface area contributed by atoms with Crippen molar-refractivity contribution in [2.24, 2.45) is 0 Å². The first-order valence-corrected chi connectivity index (χ1v) is 11.4. The average molecular weight is 485 g/mol. The Bertz CT molecular complexity index is 1150. The number of ether oxygens (including phenoxy) is 1. The minimum Gasteiger partial charge on any atom is -0.497 e. The number of rotatable bonds is 11. The third-order valence-corrected chi connectivity index (χ3v) is 5.74. The molecular weight excluding hydrogens is 460 g/mol. The molecule has 0 saturated carbocycles. The lowest BCUT2D eigenvalue weighted by atomic mass is 10.1. The standard InChI is InChI=1S/C22H24N6O5S/c1-3-27-19(13-23-20(29)12-15-4-10-18(33-2)11-5-15)25-26-22(27)34-14-21(30)24-16-6-8-17(9-7-16)28(31)32/h4-11H,3,12-14H2,1-2H3,(H,23,29)(H,24,30). The molecule has 2 N–H and O–H groups in total. The van der Waals surface area contributed by atoms with Crippen LogP contribution in [0.5, 0.6) is 5.75 Å². The monoisotopic (exact) mass is 484 g/mol. The zero-order chi connectivity index (χ0) is 24.5. The topological polar surface area (TPSA) is 141 Å². The van der Waals surface area contributed by atoms with E-state index in [1.54, 1.807) is 19.2 Å². The third-order valence-electron chi connectivity index (χ3n) is 4.77. The van der Waals surface area contributed by atoms with Crippen LogP contribution in [-0.2, 0) is 29.1 Å². The van der Waals surface area contributed by atoms with Gasteiger partial charge in [0.15, 0.2) is 11.0 Å². The molecular formula is C22H24N6O5S. The van der Waals surface area contributed by atoms with E-state index in [1.807, 2.05) is 23.6 Å². The Morgan fingerprint density at radius 1 is 1.09 bits per heavy atom. The number of carbonyl (C=O) groups is 2. The highest BCUT2D eigenvalue weighted by Crippen LogP contribution is 2.19. The number of non-ortho nitro benzene ring substituents is 1. The van der Waals surface area contributed by atoms with Gasteiger partial charge in [-0.3, -0.25) is 19.7 Å². The summed E-state index contributed by atoms with van der Waals surface area (Å²) in [6, 6.07) is 12.9. The van der Waals surface area contributed by atoms with Gasteiger partial charge in [-0.05, 0) is 36.8 Å². The molecule has 1 heterocycles. The molecule has 11 nitrogen and oxygen atoms in total. The lowest BCUT2D eigenvalue weighted by Crippen LogP contribution is -2.26. The second-order valence-corrected chi connectivity index (χ2v) is 8.03. The maximum atomic E-state index is 12.3. The summed E-state index contributed by atoms with van der Waals surface area (Å²) >= 11 is 1.21. The summed E-state index contributed by atoms with van der Waals surface area (Å²) in [7, 11) is 1.59. The van der Waals surface area contributed by atoms with Gasteiger partial charge in [-0.25, -0.2) is 0 Å². The Balaban J connectivity index is 1.50. The molecule has 0 atom stereocenters. The fourth-order valence-electron chi connectivity index (χ4n) is 3.04. The summed E-state index contributed by atoms with van der Waals surface area (Å²) in [4.78, 5) is 34.8. The summed E-state index contributed by atoms with van der Waals surface area (Å²) in [5.41, 5.74) is 1.28. The van der Waals surface area contributed by atoms with Crippen LogP contribution in [0, 0.1) is 10.1 Å². The van der Waals surface area contributed by atoms with E-state index in [0.29, 0.717) is 23.2 Å². The van der Waals surface area contributed by atoms with Crippen LogP contribution in [-0.4, -0.2) is 44.4 Å². The van der Waals surface area contributed by atoms with Gasteiger partial charge in [0.05, 0.1) is 30.8 Å². The van der Waals surface area contributed by atoms with Crippen LogP contribution in [0.1, 0.15) is 18.3 Å². The lowest BCUT2D eigenvalue weighted by molar-refractivity contribution is -0.384. The minimum atomic E-state index is -0.502. The van der Waals surface area contributed by atoms with Gasteiger partial charge < -0.3 is 19.9 Å². The molecule has 0 unspecified atom stereocenters. The van der Waals surface area contributed by atoms with Gasteiger partial charge in [-0.2, -0.15) is 0 Å². The van der Waals surface area contributed by atoms with E-state index in [4.69, 9.17) is 4.74 Å². The first kappa shape index (κ1) is 24.7. The molecule has 0 fully saturated rings. The molecule has 12 heteroatoms. The van der Waals surface area contributed by atoms with Crippen LogP contribution in [0.15, 0.2) is 53.7 Å². The number of aromatic nitrogens is 3. The Kier molecular flexibility index (Phi) is 8.57. The molecule has 0 spiro atoms. The van der Waals surface area contributed by atoms with Crippen LogP contribution < -0.4 is 15.4 Å². The number of methoxy groups -OCH3 is 1. The molecule has 3 rings (SSSR count). The summed E-state index contributed by atoms with van der Waals surface area (Å²) in [5, 5.41) is 25.1. The molecule has 178 valence electrons. The van der Waals surface area contributed by atoms with Crippen molar-refractivity contribution in [2.45, 2.75) is 31.6 Å². The van der Waals surface area contributed by atoms with Crippen LogP contribution in [0.25, 0.3) is 0 Å². The smallest absolute Gasteiger partial charge is 0.269 e. The van der Waals surface area contributed by atoms with Gasteiger partial charge in [0.1, 0.15) is 5.75 Å². The maximum absolute atomic E-state index is 12.3. The molecule has 0 aliphatic rings. The minimum absolute atomic E-state index is 0.0490. The van der Waals surface area contributed by atoms with E-state index in [9.17, 15) is 19.7 Å². The Morgan fingerprint density at radius 2 is 1.79 bits per heavy atom. The summed E-state index contributed by atoms with van der Waals surface area (Å²) in [6.45, 7) is 2.71. The van der Waals surface area contributed by atoms with Crippen molar-refractivity contribution in [1.29, 1.82) is 0 Å². The average Bonchev–Trinajstić information content (AvgIpc) is 3.24. The first-order valence-electron chi connectivity index (χ1n) is 10.4. The van der Waals surface area contributed by atoms with Crippen LogP contribution in [0.4, 0.5) is 11.4 Å². The summed E-state index contributed by atoms with van der Waals surface area (Å²) < 4.78 is 6.95. The van der Waals surface area contributed by atoms with E-state index in [0.717, 1.165) is 11.3 Å². The van der Waals surface area contributed by atoms with Crippen molar-refractivity contribution in [3.8, 4) is 5.75 Å². The molecule has 0 aliphatic carbocycles. The van der Waals surface area contributed by atoms with Gasteiger partial charge in [-0.15, -0.1) is 10.2 Å². The lowest BCUT2D eigenvalue weighted by Gasteiger charge is -2.09. The number of thioether (sulfide) groups is 1. The number of anilines is 1. The number of nitrogens with one attached hydrogen (secondary N) is 2. The highest BCUT2D eigenvalue weighted by molar-refractivity contribution is 7.99. The SMILES string of the molecule is CCn1c(CNC(=O)Cc2ccc(OC)cc2)nnc1SCC(=O)Nc1ccc([N+](=O)[O-])cc1. The number of hydrogen-bond donors (Lipinski definition) is 2. The van der Waals surface area contributed by atoms with E-state index in [1.165, 1.54) is 36.0 Å². The van der Waals surface area contributed by atoms with E-state index >= 15 is 0 Å². The molecule has 34 heavy (non-hydrogen) atoms. The van der Waals surface area contributed by atoms with Crippen molar-refractivity contribution < 1.29 is 19.2 Å². The normalized spacial score (nSPS) is 10.5. The Hall–Kier alpha value is -3.93. The van der Waals surface area contributed by atoms with Crippen molar-refractivity contribution in [3.63, 3.8) is 0 Å². The van der Waals surface area contributed by atoms with Crippen molar-refractivity contribution in [2.75, 3.05) is 18.2 Å². The molecule has 2 aromatic carbocycles. The largest absolute Gasteiger partial charge is 0.497 e. The van der Waals surface area contributed by atoms with Gasteiger partial charge in [0, 0.05) is 24.4 Å². The Morgan fingerprint density at radius 3 is 2.41 bits per heavy atom. The molecule has 0 radical (unpaired) electrons. The van der Waals surface area contributed by atoms with Crippen LogP contribution in [0.3, 0.4) is 0 Å². The number of nitro benzene ring substituents is 1. The molecule has 0 saturated heterocycles. The molecule has 2 amide bonds. The van der Waals surface area contributed by atoms with E-state index in [-0.39, 0.29) is 36.2 Å². The van der Waals surface area contributed by atoms with Crippen molar-refractivity contribution >= 4 is 35.0 Å². The van der Waals surface area contributed by atoms with Crippen LogP contribution >= 0.6 is 11.8 Å². The highest BCUT2D eigenvalue weighted by atomic mass is 32.2. The predicted octanol–water partition coefficient (Wildman–Crippen LogP) is 2.80. The molecule has 3 aromatic rings. The van der Waals surface area contributed by atoms with Crippen molar-refractivity contribution in [3.05, 3.63) is 70.0 Å². The highest BCUT2D eigenvalue weighted by Gasteiger charge is 2.15. The predicted molar refractivity (Wildman–Crippen MR) is 127 cm³/mol. The fourth-order valence-corrected chi connectivity index (χ4v) is 3.86. The van der Waals surface area contributed by atoms with Gasteiger partial charge in [0.25, 0.3) is 5.69 Å². The summed E-state index contributed by atoms with van der Waals surface area (Å²) in [5.74, 6) is 0.973. The molecule has 0 aliphatic heterocycles. The second-order valence-electron chi connectivity index (χ2n) is 7.09. The molecule has 0 bridgehead atoms. The zero-order valence-electron chi connectivity index (χ0n) is 18.7. The maximum Gasteiger partial charge on any atom is 0.269 e. The number of benzene rings is 2. The quantitative estimate of drug-likeness (QED) is 0.240. The fraction of sp³-hybridized carbons (Fsp3) is 0.273. The van der Waals surface area contributed by atoms with Crippen molar-refractivity contribution in [1.82, 2.24) is 20.1 Å².